The summed E-state index contributed by atoms with van der Waals surface area (Å²) in [7, 11) is 0. The van der Waals surface area contributed by atoms with Crippen LogP contribution in [-0.2, 0) is 6.18 Å². The first-order valence-corrected chi connectivity index (χ1v) is 7.23. The van der Waals surface area contributed by atoms with E-state index in [0.717, 1.165) is 12.3 Å². The summed E-state index contributed by atoms with van der Waals surface area (Å²) in [5, 5.41) is 12.6. The van der Waals surface area contributed by atoms with Crippen molar-refractivity contribution in [3.63, 3.8) is 0 Å². The Morgan fingerprint density at radius 2 is 1.96 bits per heavy atom. The molecule has 0 saturated carbocycles. The molecule has 25 heavy (non-hydrogen) atoms. The number of hydrogen-bond donors (Lipinski definition) is 1. The Balaban J connectivity index is 2.21. The zero-order valence-electron chi connectivity index (χ0n) is 12.9. The van der Waals surface area contributed by atoms with Gasteiger partial charge in [-0.15, -0.1) is 0 Å². The Hall–Kier alpha value is -3.10. The molecular formula is C16H12F3N3O3. The van der Waals surface area contributed by atoms with Gasteiger partial charge in [0.1, 0.15) is 11.3 Å². The molecule has 3 rings (SSSR count). The van der Waals surface area contributed by atoms with Crippen LogP contribution in [0.3, 0.4) is 0 Å². The third kappa shape index (κ3) is 3.12. The van der Waals surface area contributed by atoms with Crippen LogP contribution in [-0.4, -0.2) is 32.3 Å². The van der Waals surface area contributed by atoms with Crippen molar-refractivity contribution in [2.75, 3.05) is 6.61 Å². The van der Waals surface area contributed by atoms with Crippen molar-refractivity contribution in [2.45, 2.75) is 13.1 Å². The number of halogens is 3. The fraction of sp³-hybridized carbons (Fsp3) is 0.188. The number of rotatable bonds is 4. The molecule has 130 valence electrons. The summed E-state index contributed by atoms with van der Waals surface area (Å²) in [6, 6.07) is 7.15. The third-order valence-electron chi connectivity index (χ3n) is 3.45. The van der Waals surface area contributed by atoms with Crippen molar-refractivity contribution in [3.8, 4) is 17.0 Å². The van der Waals surface area contributed by atoms with Crippen molar-refractivity contribution in [1.29, 1.82) is 0 Å². The summed E-state index contributed by atoms with van der Waals surface area (Å²) < 4.78 is 45.8. The maximum Gasteiger partial charge on any atom is 0.433 e. The van der Waals surface area contributed by atoms with Crippen molar-refractivity contribution in [2.24, 2.45) is 0 Å². The predicted molar refractivity (Wildman–Crippen MR) is 81.6 cm³/mol. The first-order chi connectivity index (χ1) is 11.8. The van der Waals surface area contributed by atoms with Crippen LogP contribution in [0.25, 0.3) is 16.9 Å². The summed E-state index contributed by atoms with van der Waals surface area (Å²) in [6.45, 7) is 2.27. The lowest BCUT2D eigenvalue weighted by Gasteiger charge is -2.11. The molecule has 0 aliphatic carbocycles. The maximum absolute atomic E-state index is 13.3. The van der Waals surface area contributed by atoms with E-state index in [1.54, 1.807) is 24.3 Å². The third-order valence-corrected chi connectivity index (χ3v) is 3.45. The van der Waals surface area contributed by atoms with Gasteiger partial charge in [-0.05, 0) is 37.3 Å². The molecule has 0 aliphatic rings. The van der Waals surface area contributed by atoms with Gasteiger partial charge in [-0.25, -0.2) is 14.3 Å². The zero-order valence-corrected chi connectivity index (χ0v) is 12.9. The van der Waals surface area contributed by atoms with Gasteiger partial charge in [-0.3, -0.25) is 0 Å². The lowest BCUT2D eigenvalue weighted by Crippen LogP contribution is -2.14. The van der Waals surface area contributed by atoms with E-state index in [2.05, 4.69) is 10.1 Å². The minimum atomic E-state index is -4.72. The number of ether oxygens (including phenoxy) is 1. The Kier molecular flexibility index (Phi) is 4.07. The van der Waals surface area contributed by atoms with Crippen molar-refractivity contribution in [3.05, 3.63) is 47.8 Å². The summed E-state index contributed by atoms with van der Waals surface area (Å²) >= 11 is 0. The van der Waals surface area contributed by atoms with Gasteiger partial charge in [-0.2, -0.15) is 18.3 Å². The van der Waals surface area contributed by atoms with E-state index in [9.17, 15) is 18.0 Å². The first kappa shape index (κ1) is 16.7. The van der Waals surface area contributed by atoms with Gasteiger partial charge in [0.2, 0.25) is 0 Å². The topological polar surface area (TPSA) is 76.7 Å². The lowest BCUT2D eigenvalue weighted by atomic mass is 10.1. The van der Waals surface area contributed by atoms with Crippen LogP contribution in [0.5, 0.6) is 5.75 Å². The number of alkyl halides is 3. The normalized spacial score (nSPS) is 11.7. The monoisotopic (exact) mass is 351 g/mol. The highest BCUT2D eigenvalue weighted by Crippen LogP contribution is 2.33. The summed E-state index contributed by atoms with van der Waals surface area (Å²) in [6.07, 6.45) is -3.87. The molecule has 1 aromatic carbocycles. The number of carboxylic acids is 1. The first-order valence-electron chi connectivity index (χ1n) is 7.23. The average Bonchev–Trinajstić information content (AvgIpc) is 2.98. The van der Waals surface area contributed by atoms with Crippen LogP contribution >= 0.6 is 0 Å². The molecule has 9 heteroatoms. The zero-order chi connectivity index (χ0) is 18.2. The lowest BCUT2D eigenvalue weighted by molar-refractivity contribution is -0.142. The summed E-state index contributed by atoms with van der Waals surface area (Å²) in [5.74, 6) is -0.835. The second kappa shape index (κ2) is 6.08. The fourth-order valence-corrected chi connectivity index (χ4v) is 2.35. The van der Waals surface area contributed by atoms with Crippen molar-refractivity contribution >= 4 is 11.6 Å². The Labute approximate surface area is 139 Å². The summed E-state index contributed by atoms with van der Waals surface area (Å²) in [5.41, 5.74) is -1.49. The predicted octanol–water partition coefficient (Wildman–Crippen LogP) is 3.51. The van der Waals surface area contributed by atoms with Gasteiger partial charge in [0.25, 0.3) is 0 Å². The Morgan fingerprint density at radius 3 is 2.52 bits per heavy atom. The highest BCUT2D eigenvalue weighted by Gasteiger charge is 2.36. The number of aromatic nitrogens is 3. The van der Waals surface area contributed by atoms with E-state index in [1.165, 1.54) is 0 Å². The molecule has 0 amide bonds. The van der Waals surface area contributed by atoms with E-state index in [4.69, 9.17) is 9.84 Å². The number of hydrogen-bond acceptors (Lipinski definition) is 4. The van der Waals surface area contributed by atoms with E-state index < -0.39 is 23.4 Å². The maximum atomic E-state index is 13.3. The van der Waals surface area contributed by atoms with Crippen LogP contribution in [0.1, 0.15) is 23.0 Å². The molecule has 0 unspecified atom stereocenters. The molecule has 0 fully saturated rings. The number of fused-ring (bicyclic) bond motifs is 1. The van der Waals surface area contributed by atoms with Gasteiger partial charge < -0.3 is 9.84 Å². The van der Waals surface area contributed by atoms with E-state index in [1.807, 2.05) is 6.92 Å². The van der Waals surface area contributed by atoms with E-state index in [-0.39, 0.29) is 11.3 Å². The number of carbonyl (C=O) groups is 1. The van der Waals surface area contributed by atoms with Crippen LogP contribution in [0.15, 0.2) is 36.5 Å². The van der Waals surface area contributed by atoms with Gasteiger partial charge in [-0.1, -0.05) is 0 Å². The molecule has 2 heterocycles. The highest BCUT2D eigenvalue weighted by atomic mass is 19.4. The second-order valence-corrected chi connectivity index (χ2v) is 5.08. The Bertz CT molecular complexity index is 933. The van der Waals surface area contributed by atoms with Crippen LogP contribution in [0.2, 0.25) is 0 Å². The van der Waals surface area contributed by atoms with E-state index >= 15 is 0 Å². The van der Waals surface area contributed by atoms with Gasteiger partial charge >= 0.3 is 12.1 Å². The molecule has 1 N–H and O–H groups in total. The van der Waals surface area contributed by atoms with Gasteiger partial charge in [0.15, 0.2) is 11.3 Å². The molecule has 3 aromatic rings. The fourth-order valence-electron chi connectivity index (χ4n) is 2.35. The van der Waals surface area contributed by atoms with Crippen LogP contribution in [0.4, 0.5) is 13.2 Å². The molecule has 0 radical (unpaired) electrons. The summed E-state index contributed by atoms with van der Waals surface area (Å²) in [4.78, 5) is 15.3. The van der Waals surface area contributed by atoms with Gasteiger partial charge in [0.05, 0.1) is 18.5 Å². The molecule has 0 bridgehead atoms. The van der Waals surface area contributed by atoms with Crippen LogP contribution in [0, 0.1) is 0 Å². The molecule has 6 nitrogen and oxygen atoms in total. The minimum absolute atomic E-state index is 0.00845. The molecule has 2 aromatic heterocycles. The quantitative estimate of drug-likeness (QED) is 0.778. The highest BCUT2D eigenvalue weighted by molar-refractivity contribution is 5.94. The number of nitrogens with zero attached hydrogens (tertiary/aromatic N) is 3. The molecule has 0 saturated heterocycles. The largest absolute Gasteiger partial charge is 0.494 e. The smallest absolute Gasteiger partial charge is 0.433 e. The number of benzene rings is 1. The van der Waals surface area contributed by atoms with Crippen molar-refractivity contribution < 1.29 is 27.8 Å². The molecule has 0 spiro atoms. The molecular weight excluding hydrogens is 339 g/mol. The van der Waals surface area contributed by atoms with Crippen molar-refractivity contribution in [1.82, 2.24) is 14.6 Å². The van der Waals surface area contributed by atoms with Gasteiger partial charge in [0, 0.05) is 5.56 Å². The Morgan fingerprint density at radius 1 is 1.28 bits per heavy atom. The average molecular weight is 351 g/mol. The second-order valence-electron chi connectivity index (χ2n) is 5.08. The SMILES string of the molecule is CCOc1ccc(-c2cc(C(F)(F)F)n3ncc(C(=O)O)c3n2)cc1. The number of aromatic carboxylic acids is 1. The molecule has 0 aliphatic heterocycles. The number of carboxylic acid groups (broad SMARTS) is 1. The standard InChI is InChI=1S/C16H12F3N3O3/c1-2-25-10-5-3-9(4-6-10)12-7-13(16(17,18)19)22-14(21-12)11(8-20-22)15(23)24/h3-8H,2H2,1H3,(H,23,24). The van der Waals surface area contributed by atoms with Crippen LogP contribution < -0.4 is 4.74 Å². The van der Waals surface area contributed by atoms with E-state index in [0.29, 0.717) is 22.4 Å². The molecule has 0 atom stereocenters. The minimum Gasteiger partial charge on any atom is -0.494 e.